The lowest BCUT2D eigenvalue weighted by molar-refractivity contribution is -0.119. The van der Waals surface area contributed by atoms with E-state index in [-0.39, 0.29) is 12.5 Å². The zero-order valence-corrected chi connectivity index (χ0v) is 15.6. The number of thiophene rings is 1. The lowest BCUT2D eigenvalue weighted by Crippen LogP contribution is -2.20. The molecule has 27 heavy (non-hydrogen) atoms. The molecule has 0 spiro atoms. The second kappa shape index (κ2) is 7.36. The first-order valence-corrected chi connectivity index (χ1v) is 9.52. The number of carbonyl (C=O) groups is 2. The number of benzene rings is 1. The Balaban J connectivity index is 1.31. The Labute approximate surface area is 160 Å². The van der Waals surface area contributed by atoms with Gasteiger partial charge in [0.2, 0.25) is 5.88 Å². The molecule has 1 aliphatic rings. The fraction of sp³-hybridized carbons (Fsp3) is 0.250. The molecule has 1 amide bonds. The number of hydrogen-bond acceptors (Lipinski definition) is 6. The Morgan fingerprint density at radius 3 is 2.81 bits per heavy atom. The summed E-state index contributed by atoms with van der Waals surface area (Å²) in [7, 11) is 0. The first-order chi connectivity index (χ1) is 13.1. The maximum absolute atomic E-state index is 12.1. The summed E-state index contributed by atoms with van der Waals surface area (Å²) in [6.07, 6.45) is 3.16. The number of nitrogens with zero attached hydrogens (tertiary/aromatic N) is 1. The van der Waals surface area contributed by atoms with E-state index in [1.807, 2.05) is 37.3 Å². The van der Waals surface area contributed by atoms with Crippen molar-refractivity contribution in [2.24, 2.45) is 0 Å². The van der Waals surface area contributed by atoms with Crippen LogP contribution >= 0.6 is 11.3 Å². The van der Waals surface area contributed by atoms with Crippen LogP contribution in [-0.2, 0) is 22.4 Å². The molecule has 0 fully saturated rings. The third-order valence-electron chi connectivity index (χ3n) is 4.40. The second-order valence-electron chi connectivity index (χ2n) is 6.48. The summed E-state index contributed by atoms with van der Waals surface area (Å²) in [5.74, 6) is -0.733. The monoisotopic (exact) mass is 382 g/mol. The van der Waals surface area contributed by atoms with Crippen LogP contribution in [0.25, 0.3) is 11.3 Å². The Kier molecular flexibility index (Phi) is 4.77. The van der Waals surface area contributed by atoms with Gasteiger partial charge in [-0.25, -0.2) is 4.79 Å². The highest BCUT2D eigenvalue weighted by atomic mass is 32.1. The highest BCUT2D eigenvalue weighted by Gasteiger charge is 2.20. The largest absolute Gasteiger partial charge is 0.451 e. The van der Waals surface area contributed by atoms with Gasteiger partial charge in [0.05, 0.1) is 0 Å². The number of aryl methyl sites for hydroxylation is 3. The van der Waals surface area contributed by atoms with Gasteiger partial charge in [0.15, 0.2) is 6.61 Å². The van der Waals surface area contributed by atoms with Crippen LogP contribution in [0.5, 0.6) is 0 Å². The number of anilines is 1. The van der Waals surface area contributed by atoms with Crippen LogP contribution in [-0.4, -0.2) is 23.6 Å². The fourth-order valence-corrected chi connectivity index (χ4v) is 4.15. The summed E-state index contributed by atoms with van der Waals surface area (Å²) < 4.78 is 10.2. The van der Waals surface area contributed by atoms with E-state index in [1.54, 1.807) is 6.07 Å². The van der Waals surface area contributed by atoms with Gasteiger partial charge in [-0.2, -0.15) is 0 Å². The van der Waals surface area contributed by atoms with E-state index in [1.165, 1.54) is 21.8 Å². The predicted octanol–water partition coefficient (Wildman–Crippen LogP) is 4.00. The SMILES string of the molecule is Cc1ccc(-c2cc(NC(=O)COC(=O)c3cc4c(s3)CCC4)on2)cc1. The molecule has 0 atom stereocenters. The molecule has 1 aromatic carbocycles. The fourth-order valence-electron chi connectivity index (χ4n) is 3.00. The molecule has 0 aliphatic heterocycles. The molecule has 0 unspecified atom stereocenters. The average Bonchev–Trinajstić information content (AvgIpc) is 3.36. The lowest BCUT2D eigenvalue weighted by atomic mass is 10.1. The Bertz CT molecular complexity index is 966. The number of ether oxygens (including phenoxy) is 1. The second-order valence-corrected chi connectivity index (χ2v) is 7.62. The van der Waals surface area contributed by atoms with Crippen molar-refractivity contribution in [1.29, 1.82) is 0 Å². The summed E-state index contributed by atoms with van der Waals surface area (Å²) in [5.41, 5.74) is 3.88. The number of fused-ring (bicyclic) bond motifs is 1. The minimum Gasteiger partial charge on any atom is -0.451 e. The zero-order chi connectivity index (χ0) is 18.8. The zero-order valence-electron chi connectivity index (χ0n) is 14.8. The summed E-state index contributed by atoms with van der Waals surface area (Å²) >= 11 is 1.45. The summed E-state index contributed by atoms with van der Waals surface area (Å²) in [6, 6.07) is 11.3. The first-order valence-electron chi connectivity index (χ1n) is 8.71. The van der Waals surface area contributed by atoms with E-state index < -0.39 is 11.9 Å². The quantitative estimate of drug-likeness (QED) is 0.675. The van der Waals surface area contributed by atoms with E-state index >= 15 is 0 Å². The van der Waals surface area contributed by atoms with Gasteiger partial charge in [-0.05, 0) is 37.8 Å². The Morgan fingerprint density at radius 1 is 1.22 bits per heavy atom. The van der Waals surface area contributed by atoms with E-state index in [0.717, 1.165) is 30.4 Å². The van der Waals surface area contributed by atoms with Crippen molar-refractivity contribution < 1.29 is 18.8 Å². The number of aromatic nitrogens is 1. The van der Waals surface area contributed by atoms with E-state index in [0.29, 0.717) is 10.6 Å². The Morgan fingerprint density at radius 2 is 2.04 bits per heavy atom. The maximum Gasteiger partial charge on any atom is 0.348 e. The van der Waals surface area contributed by atoms with Gasteiger partial charge < -0.3 is 9.26 Å². The van der Waals surface area contributed by atoms with Gasteiger partial charge >= 0.3 is 5.97 Å². The average molecular weight is 382 g/mol. The van der Waals surface area contributed by atoms with Crippen molar-refractivity contribution in [1.82, 2.24) is 5.16 Å². The highest BCUT2D eigenvalue weighted by Crippen LogP contribution is 2.31. The van der Waals surface area contributed by atoms with Crippen LogP contribution < -0.4 is 5.32 Å². The van der Waals surface area contributed by atoms with Gasteiger partial charge in [0.1, 0.15) is 10.6 Å². The van der Waals surface area contributed by atoms with Crippen LogP contribution in [0.1, 0.15) is 32.1 Å². The molecular formula is C20H18N2O4S. The molecule has 2 aromatic heterocycles. The molecule has 1 N–H and O–H groups in total. The molecule has 138 valence electrons. The molecule has 0 saturated carbocycles. The van der Waals surface area contributed by atoms with E-state index in [2.05, 4.69) is 10.5 Å². The highest BCUT2D eigenvalue weighted by molar-refractivity contribution is 7.14. The number of carbonyl (C=O) groups excluding carboxylic acids is 2. The number of nitrogens with one attached hydrogen (secondary N) is 1. The molecule has 4 rings (SSSR count). The van der Waals surface area contributed by atoms with Crippen LogP contribution in [0.4, 0.5) is 5.88 Å². The van der Waals surface area contributed by atoms with E-state index in [4.69, 9.17) is 9.26 Å². The summed E-state index contributed by atoms with van der Waals surface area (Å²) in [5, 5.41) is 6.49. The molecular weight excluding hydrogens is 364 g/mol. The normalized spacial score (nSPS) is 12.6. The van der Waals surface area contributed by atoms with Crippen molar-refractivity contribution in [2.75, 3.05) is 11.9 Å². The van der Waals surface area contributed by atoms with Crippen LogP contribution in [0, 0.1) is 6.92 Å². The van der Waals surface area contributed by atoms with Gasteiger partial charge in [-0.3, -0.25) is 10.1 Å². The lowest BCUT2D eigenvalue weighted by Gasteiger charge is -2.02. The smallest absolute Gasteiger partial charge is 0.348 e. The molecule has 7 heteroatoms. The molecule has 3 aromatic rings. The first kappa shape index (κ1) is 17.5. The number of rotatable bonds is 5. The van der Waals surface area contributed by atoms with Crippen molar-refractivity contribution in [3.05, 3.63) is 57.3 Å². The van der Waals surface area contributed by atoms with Gasteiger partial charge in [-0.1, -0.05) is 35.0 Å². The molecule has 0 radical (unpaired) electrons. The molecule has 0 bridgehead atoms. The topological polar surface area (TPSA) is 81.4 Å². The molecule has 2 heterocycles. The minimum absolute atomic E-state index is 0.210. The Hall–Kier alpha value is -2.93. The van der Waals surface area contributed by atoms with Crippen LogP contribution in [0.15, 0.2) is 40.9 Å². The molecule has 6 nitrogen and oxygen atoms in total. The van der Waals surface area contributed by atoms with Gasteiger partial charge in [0, 0.05) is 16.5 Å². The van der Waals surface area contributed by atoms with Crippen molar-refractivity contribution >= 4 is 29.1 Å². The minimum atomic E-state index is -0.473. The summed E-state index contributed by atoms with van der Waals surface area (Å²) in [4.78, 5) is 25.9. The van der Waals surface area contributed by atoms with Crippen molar-refractivity contribution in [2.45, 2.75) is 26.2 Å². The molecule has 1 aliphatic carbocycles. The van der Waals surface area contributed by atoms with E-state index in [9.17, 15) is 9.59 Å². The number of amides is 1. The van der Waals surface area contributed by atoms with Crippen molar-refractivity contribution in [3.63, 3.8) is 0 Å². The van der Waals surface area contributed by atoms with Gasteiger partial charge in [-0.15, -0.1) is 11.3 Å². The maximum atomic E-state index is 12.1. The third kappa shape index (κ3) is 3.93. The number of esters is 1. The predicted molar refractivity (Wildman–Crippen MR) is 102 cm³/mol. The molecule has 0 saturated heterocycles. The van der Waals surface area contributed by atoms with Crippen LogP contribution in [0.3, 0.4) is 0 Å². The summed E-state index contributed by atoms with van der Waals surface area (Å²) in [6.45, 7) is 1.63. The number of hydrogen-bond donors (Lipinski definition) is 1. The van der Waals surface area contributed by atoms with Crippen molar-refractivity contribution in [3.8, 4) is 11.3 Å². The van der Waals surface area contributed by atoms with Crippen LogP contribution in [0.2, 0.25) is 0 Å². The standard InChI is InChI=1S/C20H18N2O4S/c1-12-5-7-13(8-6-12)15-10-19(26-22-15)21-18(23)11-25-20(24)17-9-14-3-2-4-16(14)27-17/h5-10H,2-4,11H2,1H3,(H,21,23). The van der Waals surface area contributed by atoms with Gasteiger partial charge in [0.25, 0.3) is 5.91 Å². The third-order valence-corrected chi connectivity index (χ3v) is 5.62.